The number of hydrogen-bond acceptors (Lipinski definition) is 5. The molecule has 1 saturated heterocycles. The first-order valence-electron chi connectivity index (χ1n) is 8.96. The first kappa shape index (κ1) is 21.2. The standard InChI is InChI=1S/C20H20BrN3O4S/c1-11(2)17(26)22-13-6-4-12(5-7-13)14(25)10-24-18(27)20(3,23-19(24)28)15-8-9-16(21)29-15/h4-9,11H,10H2,1-3H3,(H,22,26)(H,23,28). The van der Waals surface area contributed by atoms with E-state index in [1.165, 1.54) is 11.3 Å². The second kappa shape index (κ2) is 8.08. The molecule has 152 valence electrons. The summed E-state index contributed by atoms with van der Waals surface area (Å²) in [6, 6.07) is 9.33. The Hall–Kier alpha value is -2.52. The lowest BCUT2D eigenvalue weighted by molar-refractivity contribution is -0.130. The molecule has 1 fully saturated rings. The molecule has 0 spiro atoms. The highest BCUT2D eigenvalue weighted by molar-refractivity contribution is 9.11. The van der Waals surface area contributed by atoms with Gasteiger partial charge < -0.3 is 10.6 Å². The number of carbonyl (C=O) groups excluding carboxylic acids is 4. The maximum absolute atomic E-state index is 12.9. The average Bonchev–Trinajstić information content (AvgIpc) is 3.20. The molecule has 0 saturated carbocycles. The molecule has 1 aliphatic heterocycles. The van der Waals surface area contributed by atoms with Crippen LogP contribution in [-0.2, 0) is 15.1 Å². The molecule has 29 heavy (non-hydrogen) atoms. The first-order chi connectivity index (χ1) is 13.6. The molecule has 1 aliphatic rings. The second-order valence-corrected chi connectivity index (χ2v) is 9.66. The van der Waals surface area contributed by atoms with E-state index in [2.05, 4.69) is 26.6 Å². The molecule has 1 aromatic heterocycles. The maximum Gasteiger partial charge on any atom is 0.325 e. The van der Waals surface area contributed by atoms with Gasteiger partial charge in [0.15, 0.2) is 11.3 Å². The summed E-state index contributed by atoms with van der Waals surface area (Å²) >= 11 is 4.70. The van der Waals surface area contributed by atoms with Crippen LogP contribution in [0.3, 0.4) is 0 Å². The third kappa shape index (κ3) is 4.25. The number of hydrogen-bond donors (Lipinski definition) is 2. The zero-order chi connectivity index (χ0) is 21.3. The van der Waals surface area contributed by atoms with Crippen molar-refractivity contribution in [3.05, 3.63) is 50.6 Å². The van der Waals surface area contributed by atoms with Crippen molar-refractivity contribution in [1.29, 1.82) is 0 Å². The van der Waals surface area contributed by atoms with Crippen molar-refractivity contribution >= 4 is 56.6 Å². The average molecular weight is 478 g/mol. The summed E-state index contributed by atoms with van der Waals surface area (Å²) in [6.07, 6.45) is 0. The number of carbonyl (C=O) groups is 4. The Morgan fingerprint density at radius 2 is 1.83 bits per heavy atom. The topological polar surface area (TPSA) is 95.6 Å². The minimum Gasteiger partial charge on any atom is -0.326 e. The van der Waals surface area contributed by atoms with Gasteiger partial charge in [0.1, 0.15) is 0 Å². The molecule has 3 rings (SSSR count). The Bertz CT molecular complexity index is 986. The van der Waals surface area contributed by atoms with Gasteiger partial charge in [-0.25, -0.2) is 4.79 Å². The van der Waals surface area contributed by atoms with Gasteiger partial charge in [0, 0.05) is 22.0 Å². The Balaban J connectivity index is 1.71. The van der Waals surface area contributed by atoms with Crippen LogP contribution in [0.2, 0.25) is 0 Å². The molecular formula is C20H20BrN3O4S. The fourth-order valence-electron chi connectivity index (χ4n) is 2.85. The van der Waals surface area contributed by atoms with Crippen LogP contribution in [0.25, 0.3) is 0 Å². The van der Waals surface area contributed by atoms with E-state index in [4.69, 9.17) is 0 Å². The van der Waals surface area contributed by atoms with E-state index in [1.54, 1.807) is 57.2 Å². The van der Waals surface area contributed by atoms with Gasteiger partial charge in [-0.3, -0.25) is 19.3 Å². The monoisotopic (exact) mass is 477 g/mol. The minimum atomic E-state index is -1.20. The molecular weight excluding hydrogens is 458 g/mol. The van der Waals surface area contributed by atoms with Crippen LogP contribution in [0.4, 0.5) is 10.5 Å². The highest BCUT2D eigenvalue weighted by atomic mass is 79.9. The minimum absolute atomic E-state index is 0.122. The summed E-state index contributed by atoms with van der Waals surface area (Å²) in [7, 11) is 0. The van der Waals surface area contributed by atoms with Gasteiger partial charge in [-0.05, 0) is 59.3 Å². The molecule has 2 N–H and O–H groups in total. The lowest BCUT2D eigenvalue weighted by Crippen LogP contribution is -2.40. The second-order valence-electron chi connectivity index (χ2n) is 7.19. The van der Waals surface area contributed by atoms with Crippen molar-refractivity contribution in [3.63, 3.8) is 0 Å². The Morgan fingerprint density at radius 1 is 1.17 bits per heavy atom. The SMILES string of the molecule is CC(C)C(=O)Nc1ccc(C(=O)CN2C(=O)NC(C)(c3ccc(Br)s3)C2=O)cc1. The smallest absolute Gasteiger partial charge is 0.325 e. The van der Waals surface area contributed by atoms with Crippen LogP contribution in [0.15, 0.2) is 40.2 Å². The van der Waals surface area contributed by atoms with Crippen molar-refractivity contribution < 1.29 is 19.2 Å². The van der Waals surface area contributed by atoms with Gasteiger partial charge >= 0.3 is 6.03 Å². The lowest BCUT2D eigenvalue weighted by atomic mass is 10.0. The van der Waals surface area contributed by atoms with Crippen molar-refractivity contribution in [2.24, 2.45) is 5.92 Å². The number of nitrogens with zero attached hydrogens (tertiary/aromatic N) is 1. The normalized spacial score (nSPS) is 18.9. The van der Waals surface area contributed by atoms with Gasteiger partial charge in [0.05, 0.1) is 10.3 Å². The number of benzene rings is 1. The fourth-order valence-corrected chi connectivity index (χ4v) is 4.33. The lowest BCUT2D eigenvalue weighted by Gasteiger charge is -2.19. The molecule has 1 atom stereocenters. The van der Waals surface area contributed by atoms with E-state index in [0.29, 0.717) is 16.1 Å². The van der Waals surface area contributed by atoms with Gasteiger partial charge in [0.25, 0.3) is 5.91 Å². The highest BCUT2D eigenvalue weighted by Gasteiger charge is 2.50. The summed E-state index contributed by atoms with van der Waals surface area (Å²) in [5.74, 6) is -1.12. The van der Waals surface area contributed by atoms with E-state index in [0.717, 1.165) is 8.69 Å². The van der Waals surface area contributed by atoms with E-state index >= 15 is 0 Å². The summed E-state index contributed by atoms with van der Waals surface area (Å²) < 4.78 is 0.843. The van der Waals surface area contributed by atoms with Gasteiger partial charge in [-0.15, -0.1) is 11.3 Å². The number of Topliss-reactive ketones (excluding diaryl/α,β-unsaturated/α-hetero) is 1. The number of anilines is 1. The third-order valence-electron chi connectivity index (χ3n) is 4.64. The van der Waals surface area contributed by atoms with Crippen molar-refractivity contribution in [1.82, 2.24) is 10.2 Å². The molecule has 1 unspecified atom stereocenters. The molecule has 1 aromatic carbocycles. The van der Waals surface area contributed by atoms with E-state index in [-0.39, 0.29) is 24.2 Å². The zero-order valence-electron chi connectivity index (χ0n) is 16.1. The first-order valence-corrected chi connectivity index (χ1v) is 10.6. The molecule has 0 aliphatic carbocycles. The van der Waals surface area contributed by atoms with Crippen LogP contribution in [-0.4, -0.2) is 35.1 Å². The number of rotatable bonds is 6. The summed E-state index contributed by atoms with van der Waals surface area (Å²) in [4.78, 5) is 51.2. The molecule has 9 heteroatoms. The number of halogens is 1. The quantitative estimate of drug-likeness (QED) is 0.488. The molecule has 0 radical (unpaired) electrons. The van der Waals surface area contributed by atoms with Crippen molar-refractivity contribution in [3.8, 4) is 0 Å². The molecule has 2 aromatic rings. The molecule has 2 heterocycles. The van der Waals surface area contributed by atoms with Gasteiger partial charge in [-0.1, -0.05) is 13.8 Å². The van der Waals surface area contributed by atoms with Crippen LogP contribution < -0.4 is 10.6 Å². The Labute approximate surface area is 180 Å². The molecule has 0 bridgehead atoms. The van der Waals surface area contributed by atoms with Crippen LogP contribution >= 0.6 is 27.3 Å². The predicted octanol–water partition coefficient (Wildman–Crippen LogP) is 3.76. The Morgan fingerprint density at radius 3 is 2.38 bits per heavy atom. The zero-order valence-corrected chi connectivity index (χ0v) is 18.5. The van der Waals surface area contributed by atoms with Crippen LogP contribution in [0.5, 0.6) is 0 Å². The van der Waals surface area contributed by atoms with Crippen molar-refractivity contribution in [2.75, 3.05) is 11.9 Å². The molecule has 4 amide bonds. The fraction of sp³-hybridized carbons (Fsp3) is 0.300. The molecule has 7 nitrogen and oxygen atoms in total. The van der Waals surface area contributed by atoms with E-state index in [9.17, 15) is 19.2 Å². The third-order valence-corrected chi connectivity index (χ3v) is 6.49. The predicted molar refractivity (Wildman–Crippen MR) is 114 cm³/mol. The van der Waals surface area contributed by atoms with Gasteiger partial charge in [-0.2, -0.15) is 0 Å². The number of thiophene rings is 1. The summed E-state index contributed by atoms with van der Waals surface area (Å²) in [5, 5.41) is 5.43. The van der Waals surface area contributed by atoms with E-state index in [1.807, 2.05) is 0 Å². The van der Waals surface area contributed by atoms with Crippen LogP contribution in [0, 0.1) is 5.92 Å². The maximum atomic E-state index is 12.9. The Kier molecular flexibility index (Phi) is 5.90. The number of nitrogens with one attached hydrogen (secondary N) is 2. The number of ketones is 1. The number of imide groups is 1. The highest BCUT2D eigenvalue weighted by Crippen LogP contribution is 2.35. The summed E-state index contributed by atoms with van der Waals surface area (Å²) in [5.41, 5.74) is -0.273. The summed E-state index contributed by atoms with van der Waals surface area (Å²) in [6.45, 7) is 4.84. The number of amides is 4. The van der Waals surface area contributed by atoms with Gasteiger partial charge in [0.2, 0.25) is 5.91 Å². The van der Waals surface area contributed by atoms with E-state index < -0.39 is 17.5 Å². The largest absolute Gasteiger partial charge is 0.326 e. The number of urea groups is 1. The van der Waals surface area contributed by atoms with Crippen LogP contribution in [0.1, 0.15) is 36.0 Å². The van der Waals surface area contributed by atoms with Crippen molar-refractivity contribution in [2.45, 2.75) is 26.3 Å².